The van der Waals surface area contributed by atoms with Gasteiger partial charge in [0, 0.05) is 5.02 Å². The lowest BCUT2D eigenvalue weighted by Crippen LogP contribution is -2.30. The minimum atomic E-state index is -0.462. The third-order valence-electron chi connectivity index (χ3n) is 3.99. The molecular weight excluding hydrogens is 324 g/mol. The SMILES string of the molecule is Cc1cc(C)c(/C=C2/NC(=O)N(c3ccc(Cl)cc3)C2=O)c(C)c1. The van der Waals surface area contributed by atoms with E-state index in [0.717, 1.165) is 27.2 Å². The molecule has 0 spiro atoms. The molecule has 0 radical (unpaired) electrons. The predicted octanol–water partition coefficient (Wildman–Crippen LogP) is 4.36. The summed E-state index contributed by atoms with van der Waals surface area (Å²) in [6, 6.07) is 10.2. The molecule has 1 fully saturated rings. The van der Waals surface area contributed by atoms with Crippen molar-refractivity contribution in [3.8, 4) is 0 Å². The summed E-state index contributed by atoms with van der Waals surface area (Å²) in [7, 11) is 0. The van der Waals surface area contributed by atoms with Gasteiger partial charge in [-0.2, -0.15) is 0 Å². The Morgan fingerprint density at radius 3 is 2.17 bits per heavy atom. The number of amides is 3. The van der Waals surface area contributed by atoms with Crippen molar-refractivity contribution in [2.24, 2.45) is 0 Å². The van der Waals surface area contributed by atoms with E-state index >= 15 is 0 Å². The van der Waals surface area contributed by atoms with E-state index in [0.29, 0.717) is 10.7 Å². The number of nitrogens with one attached hydrogen (secondary N) is 1. The van der Waals surface area contributed by atoms with Crippen LogP contribution >= 0.6 is 11.6 Å². The van der Waals surface area contributed by atoms with Crippen molar-refractivity contribution in [3.05, 3.63) is 69.4 Å². The maximum atomic E-state index is 12.6. The lowest BCUT2D eigenvalue weighted by molar-refractivity contribution is -0.113. The van der Waals surface area contributed by atoms with E-state index in [9.17, 15) is 9.59 Å². The van der Waals surface area contributed by atoms with Crippen molar-refractivity contribution < 1.29 is 9.59 Å². The summed E-state index contributed by atoms with van der Waals surface area (Å²) in [6.07, 6.45) is 1.74. The lowest BCUT2D eigenvalue weighted by atomic mass is 9.99. The zero-order chi connectivity index (χ0) is 17.4. The second-order valence-corrected chi connectivity index (χ2v) is 6.35. The van der Waals surface area contributed by atoms with Gasteiger partial charge in [0.2, 0.25) is 0 Å². The minimum Gasteiger partial charge on any atom is -0.302 e. The first-order valence-electron chi connectivity index (χ1n) is 7.57. The summed E-state index contributed by atoms with van der Waals surface area (Å²) in [5.74, 6) is -0.373. The summed E-state index contributed by atoms with van der Waals surface area (Å²) >= 11 is 5.86. The average Bonchev–Trinajstić information content (AvgIpc) is 2.78. The molecule has 0 aliphatic carbocycles. The van der Waals surface area contributed by atoms with Crippen molar-refractivity contribution in [1.29, 1.82) is 0 Å². The second kappa shape index (κ2) is 6.13. The van der Waals surface area contributed by atoms with Gasteiger partial charge in [-0.1, -0.05) is 29.3 Å². The Kier molecular flexibility index (Phi) is 4.16. The van der Waals surface area contributed by atoms with Crippen LogP contribution in [0.2, 0.25) is 5.02 Å². The molecular formula is C19H17ClN2O2. The van der Waals surface area contributed by atoms with Crippen molar-refractivity contribution in [2.45, 2.75) is 20.8 Å². The van der Waals surface area contributed by atoms with Crippen LogP contribution in [0.1, 0.15) is 22.3 Å². The van der Waals surface area contributed by atoms with Gasteiger partial charge in [0.05, 0.1) is 5.69 Å². The van der Waals surface area contributed by atoms with Crippen LogP contribution in [0.5, 0.6) is 0 Å². The number of rotatable bonds is 2. The van der Waals surface area contributed by atoms with Crippen LogP contribution in [0.15, 0.2) is 42.1 Å². The van der Waals surface area contributed by atoms with Crippen molar-refractivity contribution in [2.75, 3.05) is 4.90 Å². The maximum absolute atomic E-state index is 12.6. The van der Waals surface area contributed by atoms with E-state index in [1.165, 1.54) is 0 Å². The molecule has 1 N–H and O–H groups in total. The number of urea groups is 1. The average molecular weight is 341 g/mol. The number of imide groups is 1. The molecule has 122 valence electrons. The Labute approximate surface area is 145 Å². The number of carbonyl (C=O) groups is 2. The molecule has 3 amide bonds. The van der Waals surface area contributed by atoms with Crippen LogP contribution in [0.3, 0.4) is 0 Å². The fourth-order valence-electron chi connectivity index (χ4n) is 2.92. The number of benzene rings is 2. The van der Waals surface area contributed by atoms with E-state index in [2.05, 4.69) is 17.4 Å². The maximum Gasteiger partial charge on any atom is 0.333 e. The molecule has 4 nitrogen and oxygen atoms in total. The molecule has 1 aliphatic heterocycles. The van der Waals surface area contributed by atoms with Crippen LogP contribution < -0.4 is 10.2 Å². The van der Waals surface area contributed by atoms with Crippen LogP contribution in [-0.2, 0) is 4.79 Å². The summed E-state index contributed by atoms with van der Waals surface area (Å²) in [5.41, 5.74) is 4.99. The monoisotopic (exact) mass is 340 g/mol. The Hall–Kier alpha value is -2.59. The third kappa shape index (κ3) is 2.93. The first kappa shape index (κ1) is 16.3. The van der Waals surface area contributed by atoms with E-state index in [4.69, 9.17) is 11.6 Å². The van der Waals surface area contributed by atoms with Gasteiger partial charge in [0.25, 0.3) is 5.91 Å². The van der Waals surface area contributed by atoms with Crippen LogP contribution in [-0.4, -0.2) is 11.9 Å². The molecule has 3 rings (SSSR count). The van der Waals surface area contributed by atoms with Gasteiger partial charge in [-0.3, -0.25) is 4.79 Å². The zero-order valence-corrected chi connectivity index (χ0v) is 14.4. The second-order valence-electron chi connectivity index (χ2n) is 5.92. The highest BCUT2D eigenvalue weighted by atomic mass is 35.5. The number of hydrogen-bond acceptors (Lipinski definition) is 2. The van der Waals surface area contributed by atoms with Crippen LogP contribution in [0.4, 0.5) is 10.5 Å². The normalized spacial score (nSPS) is 16.0. The molecule has 0 bridgehead atoms. The number of nitrogens with zero attached hydrogens (tertiary/aromatic N) is 1. The fraction of sp³-hybridized carbons (Fsp3) is 0.158. The zero-order valence-electron chi connectivity index (χ0n) is 13.7. The van der Waals surface area contributed by atoms with E-state index in [1.807, 2.05) is 20.8 Å². The van der Waals surface area contributed by atoms with E-state index in [1.54, 1.807) is 30.3 Å². The molecule has 0 atom stereocenters. The van der Waals surface area contributed by atoms with Gasteiger partial charge >= 0.3 is 6.03 Å². The van der Waals surface area contributed by atoms with Gasteiger partial charge in [-0.15, -0.1) is 0 Å². The molecule has 0 aromatic heterocycles. The Bertz CT molecular complexity index is 846. The first-order chi connectivity index (χ1) is 11.4. The number of carbonyl (C=O) groups excluding carboxylic acids is 2. The number of halogens is 1. The Morgan fingerprint density at radius 1 is 1.00 bits per heavy atom. The van der Waals surface area contributed by atoms with Crippen molar-refractivity contribution in [3.63, 3.8) is 0 Å². The Morgan fingerprint density at radius 2 is 1.58 bits per heavy atom. The van der Waals surface area contributed by atoms with Crippen molar-refractivity contribution >= 4 is 35.3 Å². The highest BCUT2D eigenvalue weighted by Gasteiger charge is 2.34. The molecule has 0 saturated carbocycles. The van der Waals surface area contributed by atoms with E-state index < -0.39 is 6.03 Å². The number of hydrogen-bond donors (Lipinski definition) is 1. The molecule has 1 saturated heterocycles. The highest BCUT2D eigenvalue weighted by molar-refractivity contribution is 6.31. The largest absolute Gasteiger partial charge is 0.333 e. The van der Waals surface area contributed by atoms with Gasteiger partial charge in [0.1, 0.15) is 5.70 Å². The van der Waals surface area contributed by atoms with Gasteiger partial charge in [-0.05, 0) is 67.8 Å². The summed E-state index contributed by atoms with van der Waals surface area (Å²) in [6.45, 7) is 6.01. The topological polar surface area (TPSA) is 49.4 Å². The van der Waals surface area contributed by atoms with Crippen molar-refractivity contribution in [1.82, 2.24) is 5.32 Å². The molecule has 5 heteroatoms. The van der Waals surface area contributed by atoms with Crippen LogP contribution in [0.25, 0.3) is 6.08 Å². The number of aryl methyl sites for hydroxylation is 3. The fourth-order valence-corrected chi connectivity index (χ4v) is 3.05. The molecule has 1 heterocycles. The number of anilines is 1. The molecule has 0 unspecified atom stereocenters. The smallest absolute Gasteiger partial charge is 0.302 e. The summed E-state index contributed by atoms with van der Waals surface area (Å²) in [5, 5.41) is 3.20. The van der Waals surface area contributed by atoms with Gasteiger partial charge in [0.15, 0.2) is 0 Å². The first-order valence-corrected chi connectivity index (χ1v) is 7.95. The lowest BCUT2D eigenvalue weighted by Gasteiger charge is -2.11. The standard InChI is InChI=1S/C19H17ClN2O2/c1-11-8-12(2)16(13(3)9-11)10-17-18(23)22(19(24)21-17)15-6-4-14(20)5-7-15/h4-10H,1-3H3,(H,21,24)/b17-10+. The summed E-state index contributed by atoms with van der Waals surface area (Å²) in [4.78, 5) is 26.0. The quantitative estimate of drug-likeness (QED) is 0.652. The highest BCUT2D eigenvalue weighted by Crippen LogP contribution is 2.25. The van der Waals surface area contributed by atoms with Gasteiger partial charge < -0.3 is 5.32 Å². The molecule has 24 heavy (non-hydrogen) atoms. The van der Waals surface area contributed by atoms with E-state index in [-0.39, 0.29) is 11.6 Å². The Balaban J connectivity index is 1.99. The molecule has 1 aliphatic rings. The summed E-state index contributed by atoms with van der Waals surface area (Å²) < 4.78 is 0. The van der Waals surface area contributed by atoms with Gasteiger partial charge in [-0.25, -0.2) is 9.69 Å². The molecule has 2 aromatic carbocycles. The minimum absolute atomic E-state index is 0.269. The predicted molar refractivity (Wildman–Crippen MR) is 96.1 cm³/mol. The third-order valence-corrected chi connectivity index (χ3v) is 4.24. The molecule has 2 aromatic rings. The van der Waals surface area contributed by atoms with Crippen LogP contribution in [0, 0.1) is 20.8 Å².